The lowest BCUT2D eigenvalue weighted by atomic mass is 9.96. The third kappa shape index (κ3) is 5.12. The Bertz CT molecular complexity index is 921. The summed E-state index contributed by atoms with van der Waals surface area (Å²) in [5.41, 5.74) is 1.04. The van der Waals surface area contributed by atoms with Gasteiger partial charge in [0.15, 0.2) is 0 Å². The Morgan fingerprint density at radius 3 is 2.73 bits per heavy atom. The number of esters is 1. The number of halogens is 1. The van der Waals surface area contributed by atoms with Gasteiger partial charge in [0.1, 0.15) is 17.5 Å². The fourth-order valence-corrected chi connectivity index (χ4v) is 4.52. The molecule has 7 heteroatoms. The molecule has 2 heterocycles. The molecule has 2 aromatic rings. The maximum absolute atomic E-state index is 13.5. The average molecular weight is 419 g/mol. The van der Waals surface area contributed by atoms with Crippen LogP contribution in [0.2, 0.25) is 0 Å². The third-order valence-electron chi connectivity index (χ3n) is 5.46. The van der Waals surface area contributed by atoms with Gasteiger partial charge in [0.05, 0.1) is 6.04 Å². The molecule has 0 saturated carbocycles. The van der Waals surface area contributed by atoms with Crippen molar-refractivity contribution in [2.75, 3.05) is 6.54 Å². The van der Waals surface area contributed by atoms with Gasteiger partial charge in [-0.2, -0.15) is 0 Å². The van der Waals surface area contributed by atoms with Crippen molar-refractivity contribution in [2.24, 2.45) is 5.92 Å². The summed E-state index contributed by atoms with van der Waals surface area (Å²) >= 11 is 0. The van der Waals surface area contributed by atoms with E-state index in [1.54, 1.807) is 11.0 Å². The van der Waals surface area contributed by atoms with E-state index in [-0.39, 0.29) is 17.8 Å². The number of nitrogens with zero attached hydrogens (tertiary/aromatic N) is 1. The second-order valence-electron chi connectivity index (χ2n) is 9.13. The Hall–Kier alpha value is -2.57. The Morgan fingerprint density at radius 2 is 2.07 bits per heavy atom. The highest BCUT2D eigenvalue weighted by atomic mass is 19.1. The van der Waals surface area contributed by atoms with Crippen LogP contribution in [-0.2, 0) is 20.7 Å². The number of hydrogen-bond donors (Lipinski definition) is 1. The monoisotopic (exact) mass is 418 g/mol. The van der Waals surface area contributed by atoms with Gasteiger partial charge in [0, 0.05) is 37.0 Å². The molecule has 1 fully saturated rings. The lowest BCUT2D eigenvalue weighted by Crippen LogP contribution is -2.45. The molecule has 0 radical (unpaired) electrons. The number of nitrogens with one attached hydrogen (secondary N) is 1. The highest BCUT2D eigenvalue weighted by Gasteiger charge is 2.41. The summed E-state index contributed by atoms with van der Waals surface area (Å²) < 4.78 is 24.9. The van der Waals surface area contributed by atoms with Gasteiger partial charge in [0.2, 0.25) is 0 Å². The minimum Gasteiger partial charge on any atom is -0.460 e. The van der Waals surface area contributed by atoms with Gasteiger partial charge in [-0.25, -0.2) is 9.18 Å². The van der Waals surface area contributed by atoms with E-state index in [4.69, 9.17) is 9.47 Å². The number of likely N-dealkylation sites (tertiary alicyclic amines) is 1. The molecule has 3 rings (SSSR count). The van der Waals surface area contributed by atoms with E-state index in [1.165, 1.54) is 19.1 Å². The highest BCUT2D eigenvalue weighted by molar-refractivity contribution is 5.83. The molecule has 1 N–H and O–H groups in total. The standard InChI is InChI=1S/C23H31FN2O4/c1-14(2)12-23(4,5)30-22(28)26-9-8-21(29-15(3)27)20(26)10-16-13-25-19-11-17(24)6-7-18(16)19/h6-7,11,13-14,20-21,25H,8-10,12H2,1-5H3/t20-,21+/m1/s1. The number of hydrogen-bond acceptors (Lipinski definition) is 4. The first-order valence-corrected chi connectivity index (χ1v) is 10.5. The van der Waals surface area contributed by atoms with E-state index in [9.17, 15) is 14.0 Å². The molecule has 0 spiro atoms. The number of amides is 1. The molecule has 1 aliphatic heterocycles. The molecular weight excluding hydrogens is 387 g/mol. The minimum absolute atomic E-state index is 0.313. The molecule has 6 nitrogen and oxygen atoms in total. The Kier molecular flexibility index (Phi) is 6.38. The zero-order valence-electron chi connectivity index (χ0n) is 18.3. The number of aromatic amines is 1. The third-order valence-corrected chi connectivity index (χ3v) is 5.46. The number of benzene rings is 1. The van der Waals surface area contributed by atoms with Crippen LogP contribution < -0.4 is 0 Å². The van der Waals surface area contributed by atoms with E-state index in [0.717, 1.165) is 17.4 Å². The number of H-pyrrole nitrogens is 1. The molecule has 1 saturated heterocycles. The maximum atomic E-state index is 13.5. The summed E-state index contributed by atoms with van der Waals surface area (Å²) in [5.74, 6) is -0.295. The van der Waals surface area contributed by atoms with Crippen molar-refractivity contribution < 1.29 is 23.5 Å². The molecule has 1 aromatic heterocycles. The number of fused-ring (bicyclic) bond motifs is 1. The molecule has 2 atom stereocenters. The summed E-state index contributed by atoms with van der Waals surface area (Å²) in [6, 6.07) is 4.23. The molecule has 0 unspecified atom stereocenters. The lowest BCUT2D eigenvalue weighted by Gasteiger charge is -2.32. The minimum atomic E-state index is -0.590. The first-order valence-electron chi connectivity index (χ1n) is 10.5. The van der Waals surface area contributed by atoms with E-state index < -0.39 is 17.8 Å². The van der Waals surface area contributed by atoms with Crippen LogP contribution in [0.5, 0.6) is 0 Å². The highest BCUT2D eigenvalue weighted by Crippen LogP contribution is 2.30. The first-order chi connectivity index (χ1) is 14.1. The molecule has 1 aromatic carbocycles. The summed E-state index contributed by atoms with van der Waals surface area (Å²) in [7, 11) is 0. The van der Waals surface area contributed by atoms with Gasteiger partial charge < -0.3 is 19.4 Å². The van der Waals surface area contributed by atoms with Crippen molar-refractivity contribution >= 4 is 23.0 Å². The van der Waals surface area contributed by atoms with E-state index in [2.05, 4.69) is 18.8 Å². The second kappa shape index (κ2) is 8.66. The fourth-order valence-electron chi connectivity index (χ4n) is 4.52. The van der Waals surface area contributed by atoms with Gasteiger partial charge in [-0.3, -0.25) is 4.79 Å². The summed E-state index contributed by atoms with van der Waals surface area (Å²) in [6.45, 7) is 9.82. The van der Waals surface area contributed by atoms with Crippen LogP contribution in [0.4, 0.5) is 9.18 Å². The summed E-state index contributed by atoms with van der Waals surface area (Å²) in [5, 5.41) is 0.887. The number of ether oxygens (including phenoxy) is 2. The average Bonchev–Trinajstić information content (AvgIpc) is 3.17. The van der Waals surface area contributed by atoms with Crippen molar-refractivity contribution in [3.8, 4) is 0 Å². The van der Waals surface area contributed by atoms with Crippen LogP contribution in [-0.4, -0.2) is 46.2 Å². The summed E-state index contributed by atoms with van der Waals surface area (Å²) in [6.07, 6.45) is 2.79. The Balaban J connectivity index is 1.83. The van der Waals surface area contributed by atoms with Crippen LogP contribution in [0.25, 0.3) is 10.9 Å². The Labute approximate surface area is 176 Å². The van der Waals surface area contributed by atoms with Crippen LogP contribution in [0.3, 0.4) is 0 Å². The van der Waals surface area contributed by atoms with Crippen LogP contribution in [0.15, 0.2) is 24.4 Å². The second-order valence-corrected chi connectivity index (χ2v) is 9.13. The molecule has 30 heavy (non-hydrogen) atoms. The van der Waals surface area contributed by atoms with Gasteiger partial charge >= 0.3 is 12.1 Å². The van der Waals surface area contributed by atoms with E-state index >= 15 is 0 Å². The Morgan fingerprint density at radius 1 is 1.33 bits per heavy atom. The molecule has 1 amide bonds. The van der Waals surface area contributed by atoms with Crippen LogP contribution in [0, 0.1) is 11.7 Å². The quantitative estimate of drug-likeness (QED) is 0.683. The van der Waals surface area contributed by atoms with E-state index in [0.29, 0.717) is 30.8 Å². The van der Waals surface area contributed by atoms with Crippen LogP contribution >= 0.6 is 0 Å². The first kappa shape index (κ1) is 22.1. The molecule has 164 valence electrons. The number of rotatable bonds is 6. The molecule has 1 aliphatic rings. The lowest BCUT2D eigenvalue weighted by molar-refractivity contribution is -0.147. The van der Waals surface area contributed by atoms with E-state index in [1.807, 2.05) is 20.0 Å². The van der Waals surface area contributed by atoms with Crippen molar-refractivity contribution in [3.05, 3.63) is 35.8 Å². The summed E-state index contributed by atoms with van der Waals surface area (Å²) in [4.78, 5) is 29.4. The number of carbonyl (C=O) groups is 2. The predicted octanol–water partition coefficient (Wildman–Crippen LogP) is 4.82. The smallest absolute Gasteiger partial charge is 0.410 e. The molecule has 0 bridgehead atoms. The number of aromatic nitrogens is 1. The molecule has 0 aliphatic carbocycles. The topological polar surface area (TPSA) is 71.6 Å². The normalized spacial score (nSPS) is 19.5. The van der Waals surface area contributed by atoms with Crippen molar-refractivity contribution in [3.63, 3.8) is 0 Å². The van der Waals surface area contributed by atoms with Crippen molar-refractivity contribution in [1.82, 2.24) is 9.88 Å². The molecular formula is C23H31FN2O4. The van der Waals surface area contributed by atoms with Gasteiger partial charge in [0.25, 0.3) is 0 Å². The van der Waals surface area contributed by atoms with Gasteiger partial charge in [-0.05, 0) is 56.4 Å². The SMILES string of the molecule is CC(=O)O[C@H]1CCN(C(=O)OC(C)(C)CC(C)C)[C@@H]1Cc1c[nH]c2cc(F)ccc12. The fraction of sp³-hybridized carbons (Fsp3) is 0.565. The zero-order valence-corrected chi connectivity index (χ0v) is 18.3. The van der Waals surface area contributed by atoms with Gasteiger partial charge in [-0.1, -0.05) is 13.8 Å². The van der Waals surface area contributed by atoms with Gasteiger partial charge in [-0.15, -0.1) is 0 Å². The maximum Gasteiger partial charge on any atom is 0.410 e. The largest absolute Gasteiger partial charge is 0.460 e. The predicted molar refractivity (Wildman–Crippen MR) is 113 cm³/mol. The zero-order chi connectivity index (χ0) is 22.1. The van der Waals surface area contributed by atoms with Crippen molar-refractivity contribution in [2.45, 2.75) is 71.6 Å². The van der Waals surface area contributed by atoms with Crippen molar-refractivity contribution in [1.29, 1.82) is 0 Å². The number of carbonyl (C=O) groups excluding carboxylic acids is 2. The van der Waals surface area contributed by atoms with Crippen LogP contribution in [0.1, 0.15) is 53.0 Å².